The van der Waals surface area contributed by atoms with Crippen LogP contribution in [0.15, 0.2) is 29.1 Å². The Bertz CT molecular complexity index is 1100. The molecule has 0 amide bonds. The summed E-state index contributed by atoms with van der Waals surface area (Å²) in [6.45, 7) is 10.3. The molecule has 0 saturated carbocycles. The molecule has 8 nitrogen and oxygen atoms in total. The smallest absolute Gasteiger partial charge is 0.253 e. The van der Waals surface area contributed by atoms with Gasteiger partial charge in [0.25, 0.3) is 5.56 Å². The lowest BCUT2D eigenvalue weighted by Gasteiger charge is -2.37. The SMILES string of the molecule is COc1ccc2cc([C@H](c3nnnn3C(C)(C)C)N3CCC[C@@H](C)C3)c(=O)[nH]c2c1. The average Bonchev–Trinajstić information content (AvgIpc) is 3.18. The molecule has 3 heterocycles. The van der Waals surface area contributed by atoms with E-state index in [9.17, 15) is 4.79 Å². The molecule has 0 aliphatic carbocycles. The van der Waals surface area contributed by atoms with E-state index in [0.717, 1.165) is 30.4 Å². The van der Waals surface area contributed by atoms with Gasteiger partial charge in [-0.2, -0.15) is 0 Å². The van der Waals surface area contributed by atoms with Crippen molar-refractivity contribution < 1.29 is 4.74 Å². The van der Waals surface area contributed by atoms with Crippen LogP contribution in [0.25, 0.3) is 10.9 Å². The van der Waals surface area contributed by atoms with Gasteiger partial charge in [-0.05, 0) is 80.1 Å². The third kappa shape index (κ3) is 3.84. The van der Waals surface area contributed by atoms with E-state index in [-0.39, 0.29) is 17.1 Å². The van der Waals surface area contributed by atoms with Gasteiger partial charge in [0.1, 0.15) is 11.8 Å². The van der Waals surface area contributed by atoms with Crippen molar-refractivity contribution in [2.24, 2.45) is 5.92 Å². The summed E-state index contributed by atoms with van der Waals surface area (Å²) < 4.78 is 7.14. The van der Waals surface area contributed by atoms with Gasteiger partial charge in [-0.1, -0.05) is 6.92 Å². The number of H-pyrrole nitrogens is 1. The Morgan fingerprint density at radius 1 is 1.27 bits per heavy atom. The molecule has 1 aliphatic rings. The number of piperidine rings is 1. The van der Waals surface area contributed by atoms with E-state index in [0.29, 0.717) is 23.1 Å². The number of pyridine rings is 1. The van der Waals surface area contributed by atoms with Gasteiger partial charge in [-0.25, -0.2) is 4.68 Å². The van der Waals surface area contributed by atoms with E-state index < -0.39 is 0 Å². The predicted molar refractivity (Wildman–Crippen MR) is 116 cm³/mol. The molecule has 0 radical (unpaired) electrons. The maximum Gasteiger partial charge on any atom is 0.253 e. The number of aromatic amines is 1. The molecule has 8 heteroatoms. The zero-order valence-electron chi connectivity index (χ0n) is 18.3. The summed E-state index contributed by atoms with van der Waals surface area (Å²) in [5.41, 5.74) is 1.00. The van der Waals surface area contributed by atoms with Crippen LogP contribution >= 0.6 is 0 Å². The number of hydrogen-bond donors (Lipinski definition) is 1. The largest absolute Gasteiger partial charge is 0.497 e. The third-order valence-corrected chi connectivity index (χ3v) is 5.80. The van der Waals surface area contributed by atoms with E-state index in [4.69, 9.17) is 4.74 Å². The highest BCUT2D eigenvalue weighted by molar-refractivity contribution is 5.80. The van der Waals surface area contributed by atoms with Crippen LogP contribution in [-0.4, -0.2) is 50.3 Å². The van der Waals surface area contributed by atoms with Crippen molar-refractivity contribution in [2.45, 2.75) is 52.1 Å². The Kier molecular flexibility index (Phi) is 5.36. The Hall–Kier alpha value is -2.74. The van der Waals surface area contributed by atoms with Gasteiger partial charge < -0.3 is 9.72 Å². The molecule has 1 aliphatic heterocycles. The summed E-state index contributed by atoms with van der Waals surface area (Å²) >= 11 is 0. The molecule has 2 aromatic heterocycles. The van der Waals surface area contributed by atoms with Gasteiger partial charge in [0, 0.05) is 18.2 Å². The van der Waals surface area contributed by atoms with Crippen LogP contribution in [0.2, 0.25) is 0 Å². The highest BCUT2D eigenvalue weighted by Gasteiger charge is 2.34. The first-order chi connectivity index (χ1) is 14.3. The summed E-state index contributed by atoms with van der Waals surface area (Å²) in [5.74, 6) is 1.97. The van der Waals surface area contributed by atoms with Gasteiger partial charge in [0.15, 0.2) is 5.82 Å². The zero-order valence-corrected chi connectivity index (χ0v) is 18.3. The number of nitrogens with zero attached hydrogens (tertiary/aromatic N) is 5. The molecule has 30 heavy (non-hydrogen) atoms. The van der Waals surface area contributed by atoms with E-state index >= 15 is 0 Å². The number of benzene rings is 1. The minimum absolute atomic E-state index is 0.123. The molecule has 3 aromatic rings. The number of hydrogen-bond acceptors (Lipinski definition) is 6. The minimum atomic E-state index is -0.308. The predicted octanol–water partition coefficient (Wildman–Crippen LogP) is 3.10. The molecule has 0 unspecified atom stereocenters. The second-order valence-corrected chi connectivity index (χ2v) is 9.27. The van der Waals surface area contributed by atoms with Gasteiger partial charge in [-0.3, -0.25) is 9.69 Å². The molecule has 1 N–H and O–H groups in total. The first-order valence-corrected chi connectivity index (χ1v) is 10.5. The summed E-state index contributed by atoms with van der Waals surface area (Å²) in [6, 6.07) is 7.38. The lowest BCUT2D eigenvalue weighted by Crippen LogP contribution is -2.42. The van der Waals surface area contributed by atoms with Crippen molar-refractivity contribution in [3.8, 4) is 5.75 Å². The summed E-state index contributed by atoms with van der Waals surface area (Å²) in [7, 11) is 1.62. The quantitative estimate of drug-likeness (QED) is 0.711. The molecule has 1 aromatic carbocycles. The Morgan fingerprint density at radius 2 is 2.07 bits per heavy atom. The van der Waals surface area contributed by atoms with E-state index in [2.05, 4.69) is 53.1 Å². The van der Waals surface area contributed by atoms with E-state index in [1.807, 2.05) is 28.9 Å². The highest BCUT2D eigenvalue weighted by Crippen LogP contribution is 2.32. The number of aromatic nitrogens is 5. The molecule has 4 rings (SSSR count). The fraction of sp³-hybridized carbons (Fsp3) is 0.545. The van der Waals surface area contributed by atoms with Crippen LogP contribution in [0.3, 0.4) is 0 Å². The van der Waals surface area contributed by atoms with Crippen LogP contribution in [0.1, 0.15) is 58.0 Å². The molecule has 160 valence electrons. The number of tetrazole rings is 1. The number of fused-ring (bicyclic) bond motifs is 1. The summed E-state index contributed by atoms with van der Waals surface area (Å²) in [5, 5.41) is 13.6. The van der Waals surface area contributed by atoms with Crippen LogP contribution in [-0.2, 0) is 5.54 Å². The molecule has 1 saturated heterocycles. The van der Waals surface area contributed by atoms with Crippen molar-refractivity contribution in [3.63, 3.8) is 0 Å². The normalized spacial score (nSPS) is 19.2. The van der Waals surface area contributed by atoms with Crippen molar-refractivity contribution in [3.05, 3.63) is 46.0 Å². The number of methoxy groups -OCH3 is 1. The first-order valence-electron chi connectivity index (χ1n) is 10.5. The van der Waals surface area contributed by atoms with Crippen LogP contribution in [0.4, 0.5) is 0 Å². The number of likely N-dealkylation sites (tertiary alicyclic amines) is 1. The van der Waals surface area contributed by atoms with Crippen molar-refractivity contribution in [2.75, 3.05) is 20.2 Å². The van der Waals surface area contributed by atoms with Crippen LogP contribution in [0.5, 0.6) is 5.75 Å². The van der Waals surface area contributed by atoms with Crippen molar-refractivity contribution in [1.82, 2.24) is 30.1 Å². The zero-order chi connectivity index (χ0) is 21.5. The second-order valence-electron chi connectivity index (χ2n) is 9.27. The number of rotatable bonds is 4. The fourth-order valence-corrected chi connectivity index (χ4v) is 4.33. The summed E-state index contributed by atoms with van der Waals surface area (Å²) in [4.78, 5) is 18.6. The Labute approximate surface area is 176 Å². The first kappa shape index (κ1) is 20.5. The lowest BCUT2D eigenvalue weighted by atomic mass is 9.95. The van der Waals surface area contributed by atoms with E-state index in [1.54, 1.807) is 7.11 Å². The number of nitrogens with one attached hydrogen (secondary N) is 1. The van der Waals surface area contributed by atoms with Crippen LogP contribution in [0, 0.1) is 5.92 Å². The van der Waals surface area contributed by atoms with Crippen molar-refractivity contribution >= 4 is 10.9 Å². The molecule has 1 fully saturated rings. The minimum Gasteiger partial charge on any atom is -0.497 e. The molecular weight excluding hydrogens is 380 g/mol. The van der Waals surface area contributed by atoms with Gasteiger partial charge in [-0.15, -0.1) is 5.10 Å². The van der Waals surface area contributed by atoms with Gasteiger partial charge >= 0.3 is 0 Å². The van der Waals surface area contributed by atoms with Crippen LogP contribution < -0.4 is 10.3 Å². The third-order valence-electron chi connectivity index (χ3n) is 5.80. The fourth-order valence-electron chi connectivity index (χ4n) is 4.33. The summed E-state index contributed by atoms with van der Waals surface area (Å²) in [6.07, 6.45) is 2.29. The number of ether oxygens (including phenoxy) is 1. The van der Waals surface area contributed by atoms with Gasteiger partial charge in [0.05, 0.1) is 18.2 Å². The molecule has 2 atom stereocenters. The monoisotopic (exact) mass is 410 g/mol. The average molecular weight is 411 g/mol. The van der Waals surface area contributed by atoms with E-state index in [1.165, 1.54) is 6.42 Å². The Morgan fingerprint density at radius 3 is 2.77 bits per heavy atom. The standard InChI is InChI=1S/C22H30N6O2/c1-14-7-6-10-27(13-14)19(20-24-25-26-28(20)22(2,3)4)17-11-15-8-9-16(30-5)12-18(15)23-21(17)29/h8-9,11-12,14,19H,6-7,10,13H2,1-5H3,(H,23,29)/t14-,19-/m1/s1. The topological polar surface area (TPSA) is 88.9 Å². The maximum atomic E-state index is 13.3. The van der Waals surface area contributed by atoms with Crippen molar-refractivity contribution in [1.29, 1.82) is 0 Å². The molecule has 0 spiro atoms. The lowest BCUT2D eigenvalue weighted by molar-refractivity contribution is 0.137. The second kappa shape index (κ2) is 7.83. The molecule has 0 bridgehead atoms. The maximum absolute atomic E-state index is 13.3. The molecular formula is C22H30N6O2. The van der Waals surface area contributed by atoms with Gasteiger partial charge in [0.2, 0.25) is 0 Å². The highest BCUT2D eigenvalue weighted by atomic mass is 16.5. The Balaban J connectivity index is 1.89.